The number of unbranched alkanes of at least 4 members (excludes halogenated alkanes) is 2. The van der Waals surface area contributed by atoms with Crippen LogP contribution in [0.2, 0.25) is 5.15 Å². The van der Waals surface area contributed by atoms with Gasteiger partial charge in [-0.05, 0) is 108 Å². The van der Waals surface area contributed by atoms with E-state index in [1.165, 1.54) is 28.2 Å². The van der Waals surface area contributed by atoms with Crippen molar-refractivity contribution in [2.75, 3.05) is 0 Å². The number of amides is 1. The number of aromatic nitrogens is 14. The van der Waals surface area contributed by atoms with E-state index in [9.17, 15) is 24.2 Å². The van der Waals surface area contributed by atoms with Crippen molar-refractivity contribution in [3.05, 3.63) is 250 Å². The Morgan fingerprint density at radius 2 is 0.917 bits per heavy atom. The molecule has 1 amide bonds. The molecule has 0 fully saturated rings. The predicted octanol–water partition coefficient (Wildman–Crippen LogP) is 14.3. The number of aryl methyl sites for hydroxylation is 1. The molecular formula is C74H76ClFN16O4. The highest BCUT2D eigenvalue weighted by atomic mass is 35.5. The molecule has 0 aliphatic heterocycles. The van der Waals surface area contributed by atoms with E-state index in [2.05, 4.69) is 158 Å². The summed E-state index contributed by atoms with van der Waals surface area (Å²) in [6.45, 7) is 10.9. The Kier molecular flexibility index (Phi) is 24.1. The van der Waals surface area contributed by atoms with Gasteiger partial charge in [0.1, 0.15) is 17.7 Å². The van der Waals surface area contributed by atoms with Crippen molar-refractivity contribution >= 4 is 23.5 Å². The van der Waals surface area contributed by atoms with Gasteiger partial charge in [0.05, 0.1) is 12.3 Å². The van der Waals surface area contributed by atoms with Crippen LogP contribution in [0.1, 0.15) is 99.1 Å². The number of benzene rings is 8. The van der Waals surface area contributed by atoms with Crippen molar-refractivity contribution in [2.45, 2.75) is 112 Å². The van der Waals surface area contributed by atoms with Gasteiger partial charge in [-0.15, -0.1) is 30.6 Å². The highest BCUT2D eigenvalue weighted by Gasteiger charge is 2.32. The summed E-state index contributed by atoms with van der Waals surface area (Å²) in [6.07, 6.45) is 4.92. The summed E-state index contributed by atoms with van der Waals surface area (Å²) >= 11 is 6.26. The van der Waals surface area contributed by atoms with E-state index in [-0.39, 0.29) is 30.8 Å². The van der Waals surface area contributed by atoms with Gasteiger partial charge in [0.25, 0.3) is 0 Å². The number of carbonyl (C=O) groups is 2. The van der Waals surface area contributed by atoms with E-state index < -0.39 is 12.0 Å². The molecule has 0 spiro atoms. The van der Waals surface area contributed by atoms with E-state index in [1.54, 1.807) is 0 Å². The fourth-order valence-electron chi connectivity index (χ4n) is 11.4. The molecule has 4 heterocycles. The largest absolute Gasteiger partial charge is 0.480 e. The molecule has 4 aromatic heterocycles. The number of H-pyrrole nitrogens is 3. The van der Waals surface area contributed by atoms with E-state index in [0.717, 1.165) is 124 Å². The van der Waals surface area contributed by atoms with Gasteiger partial charge >= 0.3 is 5.97 Å². The molecule has 0 aliphatic rings. The molecule has 96 heavy (non-hydrogen) atoms. The number of nitrogens with zero attached hydrogens (tertiary/aromatic N) is 13. The monoisotopic (exact) mass is 1310 g/mol. The minimum absolute atomic E-state index is 0.125. The molecule has 0 saturated carbocycles. The molecule has 20 nitrogen and oxygen atoms in total. The quantitative estimate of drug-likeness (QED) is 0.0337. The van der Waals surface area contributed by atoms with Gasteiger partial charge in [-0.2, -0.15) is 15.6 Å². The molecule has 12 aromatic rings. The van der Waals surface area contributed by atoms with Crippen LogP contribution >= 0.6 is 11.6 Å². The van der Waals surface area contributed by atoms with E-state index in [0.29, 0.717) is 41.3 Å². The molecule has 8 aromatic carbocycles. The summed E-state index contributed by atoms with van der Waals surface area (Å²) in [7, 11) is 0. The van der Waals surface area contributed by atoms with Crippen LogP contribution in [-0.4, -0.2) is 109 Å². The maximum absolute atomic E-state index is 13.4. The van der Waals surface area contributed by atoms with Gasteiger partial charge in [-0.25, -0.2) is 14.2 Å². The molecule has 0 saturated heterocycles. The van der Waals surface area contributed by atoms with E-state index in [1.807, 2.05) is 135 Å². The Morgan fingerprint density at radius 3 is 1.31 bits per heavy atom. The SMILES string of the molecule is CCCCC(=O)N(Cc1ccc(-c2ccccc2-c2nn[nH]n2)cc1)[C@H](C(=O)O)C(C)C.CCCCc1nc(Cl)c(CO)n1Cc1ccc(-c2ccccc2-c2nn[nH]n2)cc1.Fc1ccc(CN(Cc2ccccc2)Cc2ccc(-c3ccccc3-c3nn[nH]n3)cc2)cc1. The minimum atomic E-state index is -0.976. The number of aromatic amines is 3. The molecule has 0 bridgehead atoms. The third kappa shape index (κ3) is 17.9. The number of hydrogen-bond donors (Lipinski definition) is 5. The second-order valence-corrected chi connectivity index (χ2v) is 23.8. The van der Waals surface area contributed by atoms with Gasteiger partial charge in [0.15, 0.2) is 5.15 Å². The average molecular weight is 1310 g/mol. The first-order valence-corrected chi connectivity index (χ1v) is 32.4. The lowest BCUT2D eigenvalue weighted by molar-refractivity contribution is -0.153. The summed E-state index contributed by atoms with van der Waals surface area (Å²) in [5.74, 6) is 1.06. The van der Waals surface area contributed by atoms with E-state index >= 15 is 0 Å². The van der Waals surface area contributed by atoms with Crippen LogP contribution < -0.4 is 0 Å². The number of hydrogen-bond acceptors (Lipinski definition) is 14. The predicted molar refractivity (Wildman–Crippen MR) is 368 cm³/mol. The van der Waals surface area contributed by atoms with Gasteiger partial charge < -0.3 is 19.7 Å². The number of imidazole rings is 1. The van der Waals surface area contributed by atoms with Crippen LogP contribution in [0.4, 0.5) is 4.39 Å². The molecule has 0 radical (unpaired) electrons. The minimum Gasteiger partial charge on any atom is -0.480 e. The van der Waals surface area contributed by atoms with Crippen molar-refractivity contribution in [2.24, 2.45) is 5.92 Å². The smallest absolute Gasteiger partial charge is 0.326 e. The first-order valence-electron chi connectivity index (χ1n) is 32.0. The summed E-state index contributed by atoms with van der Waals surface area (Å²) in [6, 6.07) is 64.8. The molecule has 0 unspecified atom stereocenters. The van der Waals surface area contributed by atoms with Crippen LogP contribution in [0, 0.1) is 11.7 Å². The maximum Gasteiger partial charge on any atom is 0.326 e. The van der Waals surface area contributed by atoms with Gasteiger partial charge in [-0.1, -0.05) is 240 Å². The lowest BCUT2D eigenvalue weighted by Gasteiger charge is -2.32. The van der Waals surface area contributed by atoms with Crippen LogP contribution in [0.3, 0.4) is 0 Å². The normalized spacial score (nSPS) is 11.4. The Morgan fingerprint density at radius 1 is 0.521 bits per heavy atom. The number of aliphatic hydroxyl groups excluding tert-OH is 1. The number of carboxylic acid groups (broad SMARTS) is 1. The zero-order valence-corrected chi connectivity index (χ0v) is 54.7. The Balaban J connectivity index is 0.000000157. The topological polar surface area (TPSA) is 262 Å². The highest BCUT2D eigenvalue weighted by Crippen LogP contribution is 2.34. The molecule has 12 rings (SSSR count). The number of aliphatic hydroxyl groups is 1. The van der Waals surface area contributed by atoms with Crippen molar-refractivity contribution in [3.63, 3.8) is 0 Å². The van der Waals surface area contributed by atoms with Crippen LogP contribution in [0.15, 0.2) is 200 Å². The van der Waals surface area contributed by atoms with Crippen LogP contribution in [0.5, 0.6) is 0 Å². The fourth-order valence-corrected chi connectivity index (χ4v) is 11.7. The average Bonchev–Trinajstić information content (AvgIpc) is 1.45. The lowest BCUT2D eigenvalue weighted by atomic mass is 9.97. The highest BCUT2D eigenvalue weighted by molar-refractivity contribution is 6.30. The zero-order chi connectivity index (χ0) is 67.2. The Hall–Kier alpha value is -10.7. The third-order valence-electron chi connectivity index (χ3n) is 16.3. The third-order valence-corrected chi connectivity index (χ3v) is 16.6. The number of carboxylic acids is 1. The van der Waals surface area contributed by atoms with Gasteiger partial charge in [0, 0.05) is 62.3 Å². The summed E-state index contributed by atoms with van der Waals surface area (Å²) in [5.41, 5.74) is 15.1. The Bertz CT molecular complexity index is 4350. The number of nitrogens with one attached hydrogen (secondary N) is 3. The second kappa shape index (κ2) is 33.9. The van der Waals surface area contributed by atoms with Crippen molar-refractivity contribution < 1.29 is 24.2 Å². The van der Waals surface area contributed by atoms with E-state index in [4.69, 9.17) is 11.6 Å². The summed E-state index contributed by atoms with van der Waals surface area (Å²) in [4.78, 5) is 33.1. The zero-order valence-electron chi connectivity index (χ0n) is 54.0. The molecular weight excluding hydrogens is 1230 g/mol. The number of halogens is 2. The van der Waals surface area contributed by atoms with Crippen LogP contribution in [0.25, 0.3) is 67.5 Å². The number of carbonyl (C=O) groups excluding carboxylic acids is 1. The van der Waals surface area contributed by atoms with Crippen molar-refractivity contribution in [1.29, 1.82) is 0 Å². The van der Waals surface area contributed by atoms with Crippen LogP contribution in [-0.2, 0) is 55.3 Å². The number of aliphatic carboxylic acids is 1. The standard InChI is InChI=1S/C28H24FN5.C24H29N5O3.C22H23ClN6O/c29-25-16-12-23(13-17-25)20-34(18-21-6-2-1-3-7-21)19-22-10-14-24(15-11-22)26-8-4-5-9-27(26)28-30-32-33-31-28;1-4-5-10-21(30)29(22(16(2)3)24(31)32)15-17-11-13-18(14-12-17)19-8-6-7-9-20(19)23-25-27-28-26-23;1-2-3-8-20-24-21(23)19(14-30)29(20)13-15-9-11-16(12-10-15)17-6-4-5-7-18(17)22-25-27-28-26-22/h1-17H,18-20H2,(H,30,31,32,33);6-9,11-14,16,22H,4-5,10,15H2,1-3H3,(H,31,32)(H,25,26,27,28);4-7,9-12,30H,2-3,8,13-14H2,1H3,(H,25,26,27,28)/t;22-;/m.0./s1. The van der Waals surface area contributed by atoms with Crippen molar-refractivity contribution in [3.8, 4) is 67.5 Å². The summed E-state index contributed by atoms with van der Waals surface area (Å²) in [5, 5.41) is 63.1. The lowest BCUT2D eigenvalue weighted by Crippen LogP contribution is -2.47. The summed E-state index contributed by atoms with van der Waals surface area (Å²) < 4.78 is 15.4. The first-order chi connectivity index (χ1) is 46.9. The molecule has 490 valence electrons. The number of tetrazole rings is 3. The molecule has 0 aliphatic carbocycles. The molecule has 1 atom stereocenters. The number of rotatable bonds is 26. The fraction of sp³-hybridized carbons (Fsp3) is 0.243. The molecule has 5 N–H and O–H groups in total. The Labute approximate surface area is 561 Å². The second-order valence-electron chi connectivity index (χ2n) is 23.5. The van der Waals surface area contributed by atoms with Crippen molar-refractivity contribution in [1.82, 2.24) is 81.2 Å². The molecule has 22 heteroatoms. The first kappa shape index (κ1) is 68.1. The maximum atomic E-state index is 13.4. The van der Waals surface area contributed by atoms with Gasteiger partial charge in [-0.3, -0.25) is 9.69 Å². The van der Waals surface area contributed by atoms with Gasteiger partial charge in [0.2, 0.25) is 23.4 Å².